The molecule has 0 bridgehead atoms. The van der Waals surface area contributed by atoms with Crippen molar-refractivity contribution < 1.29 is 4.79 Å². The smallest absolute Gasteiger partial charge is 0.168 e. The average molecular weight is 211 g/mol. The maximum Gasteiger partial charge on any atom is 0.168 e. The molecule has 80 valence electrons. The SMILES string of the molecule is CC1(C(=O)c2ccc3cccnc3c2)CC1. The van der Waals surface area contributed by atoms with Gasteiger partial charge in [-0.3, -0.25) is 9.78 Å². The molecule has 1 heterocycles. The number of carbonyl (C=O) groups excluding carboxylic acids is 1. The van der Waals surface area contributed by atoms with Crippen LogP contribution >= 0.6 is 0 Å². The van der Waals surface area contributed by atoms with Gasteiger partial charge in [-0.15, -0.1) is 0 Å². The van der Waals surface area contributed by atoms with E-state index in [2.05, 4.69) is 4.98 Å². The molecule has 1 fully saturated rings. The van der Waals surface area contributed by atoms with Gasteiger partial charge in [0.1, 0.15) is 0 Å². The van der Waals surface area contributed by atoms with Crippen LogP contribution in [0.5, 0.6) is 0 Å². The van der Waals surface area contributed by atoms with Gasteiger partial charge in [0.25, 0.3) is 0 Å². The molecular weight excluding hydrogens is 198 g/mol. The molecule has 0 amide bonds. The third-order valence-electron chi connectivity index (χ3n) is 3.42. The number of rotatable bonds is 2. The first kappa shape index (κ1) is 9.52. The molecule has 1 aromatic heterocycles. The normalized spacial score (nSPS) is 17.3. The standard InChI is InChI=1S/C14H13NO/c1-14(6-7-14)13(16)11-5-4-10-3-2-8-15-12(10)9-11/h2-5,8-9H,6-7H2,1H3. The van der Waals surface area contributed by atoms with E-state index in [1.807, 2.05) is 37.3 Å². The summed E-state index contributed by atoms with van der Waals surface area (Å²) in [6.45, 7) is 2.04. The monoisotopic (exact) mass is 211 g/mol. The predicted octanol–water partition coefficient (Wildman–Crippen LogP) is 3.22. The van der Waals surface area contributed by atoms with Crippen molar-refractivity contribution >= 4 is 16.7 Å². The Morgan fingerprint density at radius 1 is 1.31 bits per heavy atom. The van der Waals surface area contributed by atoms with Gasteiger partial charge in [0.2, 0.25) is 0 Å². The molecule has 1 aliphatic rings. The fraction of sp³-hybridized carbons (Fsp3) is 0.286. The second-order valence-electron chi connectivity index (χ2n) is 4.80. The summed E-state index contributed by atoms with van der Waals surface area (Å²) in [5.74, 6) is 0.264. The highest BCUT2D eigenvalue weighted by molar-refractivity contribution is 6.04. The third-order valence-corrected chi connectivity index (χ3v) is 3.42. The zero-order valence-electron chi connectivity index (χ0n) is 9.23. The molecule has 1 aliphatic carbocycles. The Hall–Kier alpha value is -1.70. The van der Waals surface area contributed by atoms with Crippen LogP contribution in [0.2, 0.25) is 0 Å². The molecule has 2 heteroatoms. The summed E-state index contributed by atoms with van der Waals surface area (Å²) in [6, 6.07) is 9.71. The summed E-state index contributed by atoms with van der Waals surface area (Å²) >= 11 is 0. The predicted molar refractivity (Wildman–Crippen MR) is 63.4 cm³/mol. The minimum absolute atomic E-state index is 0.0948. The first-order valence-electron chi connectivity index (χ1n) is 5.59. The summed E-state index contributed by atoms with van der Waals surface area (Å²) in [4.78, 5) is 16.4. The van der Waals surface area contributed by atoms with Crippen LogP contribution in [0.3, 0.4) is 0 Å². The van der Waals surface area contributed by atoms with Crippen LogP contribution in [0.4, 0.5) is 0 Å². The van der Waals surface area contributed by atoms with Gasteiger partial charge >= 0.3 is 0 Å². The highest BCUT2D eigenvalue weighted by atomic mass is 16.1. The topological polar surface area (TPSA) is 30.0 Å². The number of ketones is 1. The lowest BCUT2D eigenvalue weighted by Crippen LogP contribution is -2.11. The summed E-state index contributed by atoms with van der Waals surface area (Å²) in [6.07, 6.45) is 3.80. The van der Waals surface area contributed by atoms with Crippen LogP contribution < -0.4 is 0 Å². The van der Waals surface area contributed by atoms with E-state index < -0.39 is 0 Å². The van der Waals surface area contributed by atoms with Gasteiger partial charge in [-0.25, -0.2) is 0 Å². The van der Waals surface area contributed by atoms with Crippen molar-refractivity contribution in [2.75, 3.05) is 0 Å². The molecular formula is C14H13NO. The van der Waals surface area contributed by atoms with E-state index in [0.717, 1.165) is 29.3 Å². The summed E-state index contributed by atoms with van der Waals surface area (Å²) in [7, 11) is 0. The largest absolute Gasteiger partial charge is 0.294 e. The first-order valence-corrected chi connectivity index (χ1v) is 5.59. The summed E-state index contributed by atoms with van der Waals surface area (Å²) < 4.78 is 0. The van der Waals surface area contributed by atoms with Crippen molar-refractivity contribution in [1.29, 1.82) is 0 Å². The number of fused-ring (bicyclic) bond motifs is 1. The van der Waals surface area contributed by atoms with Crippen LogP contribution in [0.1, 0.15) is 30.1 Å². The Morgan fingerprint density at radius 2 is 2.12 bits per heavy atom. The number of pyridine rings is 1. The van der Waals surface area contributed by atoms with E-state index in [1.54, 1.807) is 6.20 Å². The van der Waals surface area contributed by atoms with Crippen LogP contribution in [0.15, 0.2) is 36.5 Å². The van der Waals surface area contributed by atoms with Crippen molar-refractivity contribution in [3.05, 3.63) is 42.1 Å². The van der Waals surface area contributed by atoms with E-state index in [-0.39, 0.29) is 11.2 Å². The molecule has 0 unspecified atom stereocenters. The van der Waals surface area contributed by atoms with E-state index >= 15 is 0 Å². The molecule has 0 spiro atoms. The fourth-order valence-corrected chi connectivity index (χ4v) is 1.97. The lowest BCUT2D eigenvalue weighted by Gasteiger charge is -2.07. The number of hydrogen-bond donors (Lipinski definition) is 0. The maximum absolute atomic E-state index is 12.1. The van der Waals surface area contributed by atoms with Crippen LogP contribution in [-0.2, 0) is 0 Å². The lowest BCUT2D eigenvalue weighted by atomic mass is 9.96. The van der Waals surface area contributed by atoms with E-state index in [1.165, 1.54) is 0 Å². The summed E-state index contributed by atoms with van der Waals surface area (Å²) in [5, 5.41) is 1.08. The Morgan fingerprint density at radius 3 is 2.88 bits per heavy atom. The molecule has 0 radical (unpaired) electrons. The zero-order chi connectivity index (χ0) is 11.2. The number of hydrogen-bond acceptors (Lipinski definition) is 2. The van der Waals surface area contributed by atoms with Crippen molar-refractivity contribution in [2.45, 2.75) is 19.8 Å². The number of nitrogens with zero attached hydrogens (tertiary/aromatic N) is 1. The van der Waals surface area contributed by atoms with Crippen LogP contribution in [0, 0.1) is 5.41 Å². The molecule has 0 aliphatic heterocycles. The van der Waals surface area contributed by atoms with Gasteiger partial charge < -0.3 is 0 Å². The van der Waals surface area contributed by atoms with Gasteiger partial charge in [0.05, 0.1) is 5.52 Å². The van der Waals surface area contributed by atoms with Gasteiger partial charge in [-0.05, 0) is 25.0 Å². The highest BCUT2D eigenvalue weighted by Gasteiger charge is 2.44. The molecule has 0 saturated heterocycles. The van der Waals surface area contributed by atoms with Crippen molar-refractivity contribution in [2.24, 2.45) is 5.41 Å². The fourth-order valence-electron chi connectivity index (χ4n) is 1.97. The van der Waals surface area contributed by atoms with Gasteiger partial charge in [-0.1, -0.05) is 25.1 Å². The quantitative estimate of drug-likeness (QED) is 0.714. The third kappa shape index (κ3) is 1.42. The van der Waals surface area contributed by atoms with E-state index in [4.69, 9.17) is 0 Å². The Bertz CT molecular complexity index is 570. The Labute approximate surface area is 94.3 Å². The molecule has 16 heavy (non-hydrogen) atoms. The first-order chi connectivity index (χ1) is 7.69. The number of aromatic nitrogens is 1. The lowest BCUT2D eigenvalue weighted by molar-refractivity contribution is 0.0912. The van der Waals surface area contributed by atoms with Crippen molar-refractivity contribution in [1.82, 2.24) is 4.98 Å². The van der Waals surface area contributed by atoms with Crippen LogP contribution in [0.25, 0.3) is 10.9 Å². The zero-order valence-corrected chi connectivity index (χ0v) is 9.23. The average Bonchev–Trinajstić information content (AvgIpc) is 3.07. The molecule has 0 N–H and O–H groups in total. The Kier molecular flexibility index (Phi) is 1.87. The van der Waals surface area contributed by atoms with E-state index in [0.29, 0.717) is 0 Å². The molecule has 1 saturated carbocycles. The molecule has 2 aromatic rings. The van der Waals surface area contributed by atoms with Crippen LogP contribution in [-0.4, -0.2) is 10.8 Å². The van der Waals surface area contributed by atoms with Gasteiger partial charge in [0, 0.05) is 22.6 Å². The second kappa shape index (κ2) is 3.14. The number of carbonyl (C=O) groups is 1. The minimum Gasteiger partial charge on any atom is -0.294 e. The van der Waals surface area contributed by atoms with Crippen molar-refractivity contribution in [3.8, 4) is 0 Å². The minimum atomic E-state index is -0.0948. The molecule has 0 atom stereocenters. The highest BCUT2D eigenvalue weighted by Crippen LogP contribution is 2.47. The number of Topliss-reactive ketones (excluding diaryl/α,β-unsaturated/α-hetero) is 1. The summed E-state index contributed by atoms with van der Waals surface area (Å²) in [5.41, 5.74) is 1.60. The molecule has 1 aromatic carbocycles. The van der Waals surface area contributed by atoms with Crippen molar-refractivity contribution in [3.63, 3.8) is 0 Å². The number of benzene rings is 1. The maximum atomic E-state index is 12.1. The van der Waals surface area contributed by atoms with E-state index in [9.17, 15) is 4.79 Å². The van der Waals surface area contributed by atoms with Gasteiger partial charge in [0.15, 0.2) is 5.78 Å². The molecule has 3 rings (SSSR count). The van der Waals surface area contributed by atoms with Gasteiger partial charge in [-0.2, -0.15) is 0 Å². The molecule has 2 nitrogen and oxygen atoms in total. The second-order valence-corrected chi connectivity index (χ2v) is 4.80. The Balaban J connectivity index is 2.08.